The summed E-state index contributed by atoms with van der Waals surface area (Å²) in [5, 5.41) is 5.52. The van der Waals surface area contributed by atoms with E-state index in [9.17, 15) is 4.79 Å². The largest absolute Gasteiger partial charge is 0.326 e. The molecular formula is C11H11N3OS2. The number of hydrogen-bond acceptors (Lipinski definition) is 5. The van der Waals surface area contributed by atoms with Gasteiger partial charge in [-0.3, -0.25) is 4.79 Å². The second kappa shape index (κ2) is 5.70. The summed E-state index contributed by atoms with van der Waals surface area (Å²) in [6.07, 6.45) is 1.76. The van der Waals surface area contributed by atoms with Gasteiger partial charge in [0.05, 0.1) is 0 Å². The number of thiazole rings is 1. The van der Waals surface area contributed by atoms with E-state index in [2.05, 4.69) is 15.0 Å². The van der Waals surface area contributed by atoms with Crippen molar-refractivity contribution in [1.82, 2.24) is 4.98 Å². The Balaban J connectivity index is 1.91. The molecule has 0 aliphatic heterocycles. The zero-order valence-electron chi connectivity index (χ0n) is 9.14. The van der Waals surface area contributed by atoms with Gasteiger partial charge in [0.25, 0.3) is 0 Å². The first-order valence-corrected chi connectivity index (χ1v) is 6.63. The van der Waals surface area contributed by atoms with Crippen LogP contribution in [0.2, 0.25) is 0 Å². The van der Waals surface area contributed by atoms with Gasteiger partial charge in [0.2, 0.25) is 5.91 Å². The van der Waals surface area contributed by atoms with Gasteiger partial charge in [-0.1, -0.05) is 0 Å². The van der Waals surface area contributed by atoms with Crippen molar-refractivity contribution in [3.05, 3.63) is 35.8 Å². The molecule has 0 aliphatic carbocycles. The smallest absolute Gasteiger partial charge is 0.221 e. The zero-order valence-corrected chi connectivity index (χ0v) is 10.8. The minimum absolute atomic E-state index is 0.0636. The van der Waals surface area contributed by atoms with E-state index in [4.69, 9.17) is 0 Å². The van der Waals surface area contributed by atoms with Crippen LogP contribution in [-0.2, 0) is 4.79 Å². The van der Waals surface area contributed by atoms with E-state index >= 15 is 0 Å². The number of aromatic nitrogens is 1. The summed E-state index contributed by atoms with van der Waals surface area (Å²) in [6.45, 7) is 1.49. The summed E-state index contributed by atoms with van der Waals surface area (Å²) in [5.41, 5.74) is 0.802. The van der Waals surface area contributed by atoms with Gasteiger partial charge in [-0.2, -0.15) is 0 Å². The molecule has 1 amide bonds. The van der Waals surface area contributed by atoms with E-state index in [1.807, 2.05) is 29.6 Å². The lowest BCUT2D eigenvalue weighted by molar-refractivity contribution is -0.114. The van der Waals surface area contributed by atoms with Crippen LogP contribution in [0.4, 0.5) is 10.8 Å². The molecule has 0 radical (unpaired) electrons. The molecule has 0 saturated carbocycles. The van der Waals surface area contributed by atoms with E-state index in [0.29, 0.717) is 0 Å². The molecule has 0 bridgehead atoms. The van der Waals surface area contributed by atoms with Crippen molar-refractivity contribution < 1.29 is 4.79 Å². The molecule has 88 valence electrons. The van der Waals surface area contributed by atoms with Crippen LogP contribution >= 0.6 is 23.3 Å². The summed E-state index contributed by atoms with van der Waals surface area (Å²) in [5.74, 6) is -0.0636. The van der Waals surface area contributed by atoms with Gasteiger partial charge in [-0.15, -0.1) is 11.3 Å². The number of amides is 1. The van der Waals surface area contributed by atoms with Crippen molar-refractivity contribution in [3.8, 4) is 0 Å². The predicted molar refractivity (Wildman–Crippen MR) is 72.3 cm³/mol. The Kier molecular flexibility index (Phi) is 4.00. The van der Waals surface area contributed by atoms with E-state index in [1.165, 1.54) is 18.9 Å². The minimum atomic E-state index is -0.0636. The Morgan fingerprint density at radius 2 is 2.12 bits per heavy atom. The maximum atomic E-state index is 10.8. The number of rotatable bonds is 4. The second-order valence-corrected chi connectivity index (χ2v) is 5.02. The number of carbonyl (C=O) groups excluding carboxylic acids is 1. The summed E-state index contributed by atoms with van der Waals surface area (Å²) >= 11 is 3.04. The molecule has 4 nitrogen and oxygen atoms in total. The standard InChI is InChI=1S/C11H11N3OS2/c1-8(15)13-9-2-4-10(5-3-9)17-14-11-12-6-7-16-11/h2-7H,1H3,(H,12,14)(H,13,15). The van der Waals surface area contributed by atoms with Crippen LogP contribution in [0.15, 0.2) is 40.7 Å². The molecule has 0 fully saturated rings. The van der Waals surface area contributed by atoms with Gasteiger partial charge in [-0.25, -0.2) is 4.98 Å². The van der Waals surface area contributed by atoms with Crippen molar-refractivity contribution in [3.63, 3.8) is 0 Å². The highest BCUT2D eigenvalue weighted by molar-refractivity contribution is 8.00. The molecule has 2 aromatic rings. The van der Waals surface area contributed by atoms with Crippen LogP contribution in [0.5, 0.6) is 0 Å². The SMILES string of the molecule is CC(=O)Nc1ccc(SNc2nccs2)cc1. The molecule has 1 heterocycles. The maximum Gasteiger partial charge on any atom is 0.221 e. The third-order valence-corrected chi connectivity index (χ3v) is 3.48. The Labute approximate surface area is 108 Å². The molecular weight excluding hydrogens is 254 g/mol. The quantitative estimate of drug-likeness (QED) is 0.833. The van der Waals surface area contributed by atoms with Gasteiger partial charge >= 0.3 is 0 Å². The van der Waals surface area contributed by atoms with Crippen molar-refractivity contribution in [2.24, 2.45) is 0 Å². The summed E-state index contributed by atoms with van der Waals surface area (Å²) in [7, 11) is 0. The molecule has 1 aromatic heterocycles. The highest BCUT2D eigenvalue weighted by Gasteiger charge is 1.98. The summed E-state index contributed by atoms with van der Waals surface area (Å²) in [6, 6.07) is 7.62. The molecule has 1 aromatic carbocycles. The average Bonchev–Trinajstić information content (AvgIpc) is 2.80. The average molecular weight is 265 g/mol. The third kappa shape index (κ3) is 3.76. The Hall–Kier alpha value is -1.53. The van der Waals surface area contributed by atoms with Crippen molar-refractivity contribution in [2.45, 2.75) is 11.8 Å². The van der Waals surface area contributed by atoms with Gasteiger partial charge in [0, 0.05) is 29.1 Å². The predicted octanol–water partition coefficient (Wildman–Crippen LogP) is 3.22. The molecule has 0 spiro atoms. The van der Waals surface area contributed by atoms with Crippen LogP contribution in [0.3, 0.4) is 0 Å². The first kappa shape index (κ1) is 11.9. The number of benzene rings is 1. The molecule has 0 saturated heterocycles. The monoisotopic (exact) mass is 265 g/mol. The molecule has 6 heteroatoms. The highest BCUT2D eigenvalue weighted by atomic mass is 32.2. The molecule has 2 rings (SSSR count). The minimum Gasteiger partial charge on any atom is -0.326 e. The first-order valence-electron chi connectivity index (χ1n) is 4.94. The van der Waals surface area contributed by atoms with Crippen LogP contribution in [0.25, 0.3) is 0 Å². The van der Waals surface area contributed by atoms with Crippen molar-refractivity contribution in [2.75, 3.05) is 10.0 Å². The van der Waals surface area contributed by atoms with Crippen LogP contribution in [0, 0.1) is 0 Å². The Bertz CT molecular complexity index is 482. The lowest BCUT2D eigenvalue weighted by atomic mass is 10.3. The van der Waals surface area contributed by atoms with E-state index in [1.54, 1.807) is 17.5 Å². The van der Waals surface area contributed by atoms with Gasteiger partial charge in [0.15, 0.2) is 5.13 Å². The lowest BCUT2D eigenvalue weighted by Crippen LogP contribution is -2.05. The van der Waals surface area contributed by atoms with Crippen LogP contribution < -0.4 is 10.0 Å². The molecule has 2 N–H and O–H groups in total. The van der Waals surface area contributed by atoms with Crippen molar-refractivity contribution in [1.29, 1.82) is 0 Å². The van der Waals surface area contributed by atoms with E-state index in [0.717, 1.165) is 15.7 Å². The Morgan fingerprint density at radius 3 is 2.71 bits per heavy atom. The number of carbonyl (C=O) groups is 1. The molecule has 0 aliphatic rings. The van der Waals surface area contributed by atoms with E-state index in [-0.39, 0.29) is 5.91 Å². The fraction of sp³-hybridized carbons (Fsp3) is 0.0909. The molecule has 0 unspecified atom stereocenters. The van der Waals surface area contributed by atoms with Gasteiger partial charge < -0.3 is 10.0 Å². The molecule has 17 heavy (non-hydrogen) atoms. The maximum absolute atomic E-state index is 10.8. The number of anilines is 2. The first-order chi connectivity index (χ1) is 8.24. The topological polar surface area (TPSA) is 54.0 Å². The van der Waals surface area contributed by atoms with Crippen LogP contribution in [-0.4, -0.2) is 10.9 Å². The number of nitrogens with zero attached hydrogens (tertiary/aromatic N) is 1. The summed E-state index contributed by atoms with van der Waals surface area (Å²) < 4.78 is 3.14. The van der Waals surface area contributed by atoms with Gasteiger partial charge in [-0.05, 0) is 36.2 Å². The third-order valence-electron chi connectivity index (χ3n) is 1.86. The highest BCUT2D eigenvalue weighted by Crippen LogP contribution is 2.23. The number of nitrogens with one attached hydrogen (secondary N) is 2. The second-order valence-electron chi connectivity index (χ2n) is 3.25. The van der Waals surface area contributed by atoms with E-state index < -0.39 is 0 Å². The Morgan fingerprint density at radius 1 is 1.35 bits per heavy atom. The number of hydrogen-bond donors (Lipinski definition) is 2. The fourth-order valence-corrected chi connectivity index (χ4v) is 2.41. The molecule has 0 atom stereocenters. The zero-order chi connectivity index (χ0) is 12.1. The lowest BCUT2D eigenvalue weighted by Gasteiger charge is -2.04. The van der Waals surface area contributed by atoms with Crippen molar-refractivity contribution >= 4 is 40.0 Å². The van der Waals surface area contributed by atoms with Gasteiger partial charge in [0.1, 0.15) is 0 Å². The fourth-order valence-electron chi connectivity index (χ4n) is 1.19. The normalized spacial score (nSPS) is 9.94. The van der Waals surface area contributed by atoms with Crippen LogP contribution in [0.1, 0.15) is 6.92 Å². The summed E-state index contributed by atoms with van der Waals surface area (Å²) in [4.78, 5) is 16.0.